The van der Waals surface area contributed by atoms with E-state index >= 15 is 0 Å². The quantitative estimate of drug-likeness (QED) is 0.428. The number of hydrogen-bond acceptors (Lipinski definition) is 4. The average molecular weight is 280 g/mol. The number of unbranched alkanes of at least 4 members (excludes halogenated alkanes) is 1. The number of nitrogens with zero attached hydrogens (tertiary/aromatic N) is 1. The molecule has 112 valence electrons. The van der Waals surface area contributed by atoms with E-state index in [4.69, 9.17) is 4.74 Å². The zero-order chi connectivity index (χ0) is 15.0. The zero-order valence-electron chi connectivity index (χ0n) is 12.5. The Kier molecular flexibility index (Phi) is 7.18. The molecule has 0 spiro atoms. The number of nitro groups is 1. The van der Waals surface area contributed by atoms with E-state index in [0.717, 1.165) is 37.1 Å². The normalized spacial score (nSPS) is 11.0. The number of benzene rings is 1. The minimum Gasteiger partial charge on any atom is -0.379 e. The Bertz CT molecular complexity index is 433. The Hall–Kier alpha value is -1.46. The maximum Gasteiger partial charge on any atom is 0.272 e. The number of hydrogen-bond donors (Lipinski definition) is 1. The van der Waals surface area contributed by atoms with Crippen molar-refractivity contribution in [2.45, 2.75) is 46.3 Å². The van der Waals surface area contributed by atoms with Crippen LogP contribution in [0.15, 0.2) is 18.2 Å². The summed E-state index contributed by atoms with van der Waals surface area (Å²) in [5, 5.41) is 14.2. The van der Waals surface area contributed by atoms with E-state index in [1.807, 2.05) is 19.9 Å². The van der Waals surface area contributed by atoms with Crippen LogP contribution in [0.4, 0.5) is 5.69 Å². The van der Waals surface area contributed by atoms with Crippen molar-refractivity contribution in [2.75, 3.05) is 13.2 Å². The van der Waals surface area contributed by atoms with E-state index in [1.54, 1.807) is 19.1 Å². The molecule has 0 atom stereocenters. The van der Waals surface area contributed by atoms with Crippen LogP contribution in [-0.2, 0) is 11.3 Å². The Morgan fingerprint density at radius 3 is 2.75 bits per heavy atom. The maximum atomic E-state index is 10.8. The summed E-state index contributed by atoms with van der Waals surface area (Å²) in [4.78, 5) is 10.5. The van der Waals surface area contributed by atoms with Gasteiger partial charge < -0.3 is 10.1 Å². The molecule has 1 aromatic rings. The van der Waals surface area contributed by atoms with E-state index in [0.29, 0.717) is 6.54 Å². The Morgan fingerprint density at radius 1 is 1.35 bits per heavy atom. The fourth-order valence-corrected chi connectivity index (χ4v) is 1.95. The van der Waals surface area contributed by atoms with Gasteiger partial charge in [0.1, 0.15) is 0 Å². The summed E-state index contributed by atoms with van der Waals surface area (Å²) in [6, 6.07) is 5.21. The van der Waals surface area contributed by atoms with Crippen molar-refractivity contribution in [3.63, 3.8) is 0 Å². The molecule has 0 aliphatic rings. The van der Waals surface area contributed by atoms with E-state index in [2.05, 4.69) is 5.32 Å². The lowest BCUT2D eigenvalue weighted by Crippen LogP contribution is -2.16. The van der Waals surface area contributed by atoms with Crippen molar-refractivity contribution in [2.24, 2.45) is 0 Å². The van der Waals surface area contributed by atoms with Crippen LogP contribution >= 0.6 is 0 Å². The van der Waals surface area contributed by atoms with Gasteiger partial charge in [-0.1, -0.05) is 12.1 Å². The van der Waals surface area contributed by atoms with Crippen LogP contribution in [0.1, 0.15) is 37.8 Å². The van der Waals surface area contributed by atoms with E-state index in [-0.39, 0.29) is 16.7 Å². The summed E-state index contributed by atoms with van der Waals surface area (Å²) in [5.41, 5.74) is 1.92. The van der Waals surface area contributed by atoms with Gasteiger partial charge in [-0.05, 0) is 45.7 Å². The second kappa shape index (κ2) is 8.66. The van der Waals surface area contributed by atoms with Gasteiger partial charge in [0.25, 0.3) is 5.69 Å². The van der Waals surface area contributed by atoms with Crippen LogP contribution in [0.25, 0.3) is 0 Å². The van der Waals surface area contributed by atoms with Crippen LogP contribution < -0.4 is 5.32 Å². The van der Waals surface area contributed by atoms with E-state index < -0.39 is 0 Å². The fourth-order valence-electron chi connectivity index (χ4n) is 1.95. The molecule has 1 rings (SSSR count). The third kappa shape index (κ3) is 5.67. The highest BCUT2D eigenvalue weighted by atomic mass is 16.6. The molecule has 20 heavy (non-hydrogen) atoms. The molecule has 0 radical (unpaired) electrons. The molecule has 0 aliphatic heterocycles. The number of ether oxygens (including phenoxy) is 1. The second-order valence-electron chi connectivity index (χ2n) is 5.12. The van der Waals surface area contributed by atoms with Crippen molar-refractivity contribution < 1.29 is 9.66 Å². The molecule has 0 unspecified atom stereocenters. The summed E-state index contributed by atoms with van der Waals surface area (Å²) in [6.45, 7) is 8.20. The van der Waals surface area contributed by atoms with Crippen molar-refractivity contribution in [1.82, 2.24) is 5.32 Å². The fraction of sp³-hybridized carbons (Fsp3) is 0.600. The van der Waals surface area contributed by atoms with Crippen LogP contribution in [0.5, 0.6) is 0 Å². The van der Waals surface area contributed by atoms with E-state index in [9.17, 15) is 10.1 Å². The molecular weight excluding hydrogens is 256 g/mol. The number of rotatable bonds is 9. The molecule has 0 bridgehead atoms. The monoisotopic (exact) mass is 280 g/mol. The highest BCUT2D eigenvalue weighted by Crippen LogP contribution is 2.20. The average Bonchev–Trinajstić information content (AvgIpc) is 2.38. The first kappa shape index (κ1) is 16.6. The smallest absolute Gasteiger partial charge is 0.272 e. The van der Waals surface area contributed by atoms with Gasteiger partial charge in [-0.25, -0.2) is 0 Å². The molecule has 0 aromatic heterocycles. The molecule has 0 amide bonds. The largest absolute Gasteiger partial charge is 0.379 e. The molecule has 0 fully saturated rings. The zero-order valence-corrected chi connectivity index (χ0v) is 12.5. The first-order valence-corrected chi connectivity index (χ1v) is 7.07. The maximum absolute atomic E-state index is 10.8. The Morgan fingerprint density at radius 2 is 2.10 bits per heavy atom. The molecule has 0 saturated carbocycles. The SMILES string of the molecule is Cc1c(CNCCCCOC(C)C)cccc1[N+](=O)[O-]. The predicted molar refractivity (Wildman–Crippen MR) is 79.9 cm³/mol. The first-order valence-electron chi connectivity index (χ1n) is 7.07. The van der Waals surface area contributed by atoms with Gasteiger partial charge in [-0.3, -0.25) is 10.1 Å². The molecule has 5 nitrogen and oxygen atoms in total. The predicted octanol–water partition coefficient (Wildman–Crippen LogP) is 3.20. The van der Waals surface area contributed by atoms with Gasteiger partial charge >= 0.3 is 0 Å². The topological polar surface area (TPSA) is 64.4 Å². The standard InChI is InChI=1S/C15H24N2O3/c1-12(2)20-10-5-4-9-16-11-14-7-6-8-15(13(14)3)17(18)19/h6-8,12,16H,4-5,9-11H2,1-3H3. The van der Waals surface area contributed by atoms with E-state index in [1.165, 1.54) is 0 Å². The molecule has 1 aromatic carbocycles. The van der Waals surface area contributed by atoms with Crippen molar-refractivity contribution in [3.8, 4) is 0 Å². The van der Waals surface area contributed by atoms with Gasteiger partial charge in [-0.15, -0.1) is 0 Å². The summed E-state index contributed by atoms with van der Waals surface area (Å²) in [6.07, 6.45) is 2.36. The van der Waals surface area contributed by atoms with Crippen LogP contribution in [0, 0.1) is 17.0 Å². The van der Waals surface area contributed by atoms with Crippen LogP contribution in [-0.4, -0.2) is 24.2 Å². The third-order valence-electron chi connectivity index (χ3n) is 3.13. The van der Waals surface area contributed by atoms with Gasteiger partial charge in [0.15, 0.2) is 0 Å². The Balaban J connectivity index is 2.29. The Labute approximate surface area is 120 Å². The number of nitro benzene ring substituents is 1. The molecule has 1 N–H and O–H groups in total. The number of nitrogens with one attached hydrogen (secondary N) is 1. The summed E-state index contributed by atoms with van der Waals surface area (Å²) in [7, 11) is 0. The van der Waals surface area contributed by atoms with Gasteiger partial charge in [0.2, 0.25) is 0 Å². The molecule has 0 heterocycles. The van der Waals surface area contributed by atoms with Gasteiger partial charge in [0, 0.05) is 24.8 Å². The summed E-state index contributed by atoms with van der Waals surface area (Å²) < 4.78 is 5.47. The third-order valence-corrected chi connectivity index (χ3v) is 3.13. The molecule has 5 heteroatoms. The van der Waals surface area contributed by atoms with Gasteiger partial charge in [-0.2, -0.15) is 0 Å². The minimum atomic E-state index is -0.331. The first-order chi connectivity index (χ1) is 9.52. The molecule has 0 saturated heterocycles. The van der Waals surface area contributed by atoms with Crippen LogP contribution in [0.2, 0.25) is 0 Å². The highest BCUT2D eigenvalue weighted by Gasteiger charge is 2.12. The molecular formula is C15H24N2O3. The van der Waals surface area contributed by atoms with Crippen LogP contribution in [0.3, 0.4) is 0 Å². The highest BCUT2D eigenvalue weighted by molar-refractivity contribution is 5.44. The van der Waals surface area contributed by atoms with Crippen molar-refractivity contribution in [3.05, 3.63) is 39.4 Å². The lowest BCUT2D eigenvalue weighted by Gasteiger charge is -2.09. The lowest BCUT2D eigenvalue weighted by molar-refractivity contribution is -0.385. The summed E-state index contributed by atoms with van der Waals surface area (Å²) >= 11 is 0. The van der Waals surface area contributed by atoms with Crippen molar-refractivity contribution in [1.29, 1.82) is 0 Å². The van der Waals surface area contributed by atoms with Crippen molar-refractivity contribution >= 4 is 5.69 Å². The summed E-state index contributed by atoms with van der Waals surface area (Å²) in [5.74, 6) is 0. The lowest BCUT2D eigenvalue weighted by atomic mass is 10.1. The van der Waals surface area contributed by atoms with Gasteiger partial charge in [0.05, 0.1) is 11.0 Å². The minimum absolute atomic E-state index is 0.189. The molecule has 0 aliphatic carbocycles. The second-order valence-corrected chi connectivity index (χ2v) is 5.12.